The second kappa shape index (κ2) is 4.83. The molecule has 5 nitrogen and oxygen atoms in total. The molecule has 0 saturated carbocycles. The van der Waals surface area contributed by atoms with Gasteiger partial charge in [0, 0.05) is 12.2 Å². The lowest BCUT2D eigenvalue weighted by molar-refractivity contribution is -0.122. The van der Waals surface area contributed by atoms with E-state index in [0.29, 0.717) is 5.82 Å². The molecule has 5 heteroatoms. The number of aromatic nitrogens is 2. The van der Waals surface area contributed by atoms with Gasteiger partial charge in [0.2, 0.25) is 5.91 Å². The molecular weight excluding hydrogens is 204 g/mol. The maximum Gasteiger partial charge on any atom is 0.241 e. The minimum absolute atomic E-state index is 0.0107. The first-order chi connectivity index (χ1) is 7.74. The zero-order chi connectivity index (χ0) is 11.4. The summed E-state index contributed by atoms with van der Waals surface area (Å²) in [6.45, 7) is 0.234. The summed E-state index contributed by atoms with van der Waals surface area (Å²) in [5.74, 6) is 0.428. The number of nitrogens with zero attached hydrogens (tertiary/aromatic N) is 2. The molecule has 0 aliphatic heterocycles. The molecule has 0 spiro atoms. The van der Waals surface area contributed by atoms with Crippen LogP contribution in [0.25, 0.3) is 0 Å². The summed E-state index contributed by atoms with van der Waals surface area (Å²) in [6, 6.07) is 1.95. The van der Waals surface area contributed by atoms with Crippen molar-refractivity contribution in [3.05, 3.63) is 24.4 Å². The molecule has 0 fully saturated rings. The molecule has 86 valence electrons. The van der Waals surface area contributed by atoms with Crippen LogP contribution in [-0.4, -0.2) is 21.7 Å². The molecule has 0 radical (unpaired) electrons. The minimum atomic E-state index is -0.0107. The van der Waals surface area contributed by atoms with Crippen molar-refractivity contribution in [3.8, 4) is 0 Å². The van der Waals surface area contributed by atoms with Crippen molar-refractivity contribution in [2.45, 2.75) is 31.8 Å². The first-order valence-electron chi connectivity index (χ1n) is 5.47. The smallest absolute Gasteiger partial charge is 0.241 e. The summed E-state index contributed by atoms with van der Waals surface area (Å²) >= 11 is 0. The molecular formula is C11H16N4O. The van der Waals surface area contributed by atoms with Crippen molar-refractivity contribution in [1.29, 1.82) is 0 Å². The topological polar surface area (TPSA) is 72.9 Å². The molecule has 1 amide bonds. The minimum Gasteiger partial charge on any atom is -0.382 e. The Morgan fingerprint density at radius 1 is 1.62 bits per heavy atom. The molecule has 1 heterocycles. The van der Waals surface area contributed by atoms with Gasteiger partial charge in [0.25, 0.3) is 0 Å². The van der Waals surface area contributed by atoms with Crippen LogP contribution in [0.2, 0.25) is 0 Å². The first-order valence-corrected chi connectivity index (χ1v) is 5.47. The Balaban J connectivity index is 1.82. The van der Waals surface area contributed by atoms with Crippen molar-refractivity contribution < 1.29 is 4.79 Å². The fraction of sp³-hybridized carbons (Fsp3) is 0.455. The Morgan fingerprint density at radius 2 is 2.50 bits per heavy atom. The normalized spacial score (nSPS) is 19.6. The van der Waals surface area contributed by atoms with Gasteiger partial charge in [0.1, 0.15) is 12.4 Å². The van der Waals surface area contributed by atoms with Crippen LogP contribution in [-0.2, 0) is 11.3 Å². The predicted octanol–water partition coefficient (Wildman–Crippen LogP) is 0.690. The number of nitrogens with two attached hydrogens (primary N) is 1. The number of carbonyl (C=O) groups excluding carboxylic acids is 1. The van der Waals surface area contributed by atoms with Gasteiger partial charge in [0.05, 0.1) is 0 Å². The van der Waals surface area contributed by atoms with E-state index in [2.05, 4.69) is 22.6 Å². The number of nitrogens with one attached hydrogen (secondary N) is 1. The highest BCUT2D eigenvalue weighted by Gasteiger charge is 2.13. The number of nitrogen functional groups attached to an aromatic ring is 1. The summed E-state index contributed by atoms with van der Waals surface area (Å²) < 4.78 is 1.54. The average molecular weight is 220 g/mol. The van der Waals surface area contributed by atoms with Gasteiger partial charge >= 0.3 is 0 Å². The third kappa shape index (κ3) is 2.85. The Kier molecular flexibility index (Phi) is 3.24. The largest absolute Gasteiger partial charge is 0.382 e. The van der Waals surface area contributed by atoms with Crippen LogP contribution in [0.4, 0.5) is 5.82 Å². The highest BCUT2D eigenvalue weighted by molar-refractivity contribution is 5.76. The Morgan fingerprint density at radius 3 is 3.12 bits per heavy atom. The van der Waals surface area contributed by atoms with E-state index in [1.807, 2.05) is 0 Å². The monoisotopic (exact) mass is 220 g/mol. The van der Waals surface area contributed by atoms with Gasteiger partial charge in [-0.1, -0.05) is 12.2 Å². The van der Waals surface area contributed by atoms with Crippen LogP contribution in [0.1, 0.15) is 19.3 Å². The summed E-state index contributed by atoms with van der Waals surface area (Å²) in [6.07, 6.45) is 8.95. The Labute approximate surface area is 94.3 Å². The highest BCUT2D eigenvalue weighted by Crippen LogP contribution is 2.10. The second-order valence-electron chi connectivity index (χ2n) is 3.99. The lowest BCUT2D eigenvalue weighted by Gasteiger charge is -2.19. The summed E-state index contributed by atoms with van der Waals surface area (Å²) in [5.41, 5.74) is 5.47. The standard InChI is InChI=1S/C11H16N4O/c12-10-6-7-15(14-10)8-11(16)13-9-4-2-1-3-5-9/h1-2,6-7,9H,3-5,8H2,(H2,12,14)(H,13,16). The van der Waals surface area contributed by atoms with E-state index < -0.39 is 0 Å². The van der Waals surface area contributed by atoms with Gasteiger partial charge < -0.3 is 11.1 Å². The third-order valence-corrected chi connectivity index (χ3v) is 2.60. The average Bonchev–Trinajstić information content (AvgIpc) is 2.65. The number of allylic oxidation sites excluding steroid dienone is 1. The van der Waals surface area contributed by atoms with Crippen LogP contribution in [0.3, 0.4) is 0 Å². The Bertz CT molecular complexity index is 396. The lowest BCUT2D eigenvalue weighted by Crippen LogP contribution is -2.37. The van der Waals surface area contributed by atoms with Crippen LogP contribution >= 0.6 is 0 Å². The summed E-state index contributed by atoms with van der Waals surface area (Å²) in [5, 5.41) is 6.95. The molecule has 1 aromatic heterocycles. The molecule has 1 unspecified atom stereocenters. The van der Waals surface area contributed by atoms with Gasteiger partial charge in [-0.25, -0.2) is 0 Å². The van der Waals surface area contributed by atoms with Gasteiger partial charge in [-0.3, -0.25) is 9.48 Å². The maximum atomic E-state index is 11.7. The number of hydrogen-bond acceptors (Lipinski definition) is 3. The molecule has 3 N–H and O–H groups in total. The predicted molar refractivity (Wildman–Crippen MR) is 61.6 cm³/mol. The fourth-order valence-corrected chi connectivity index (χ4v) is 1.81. The quantitative estimate of drug-likeness (QED) is 0.736. The van der Waals surface area contributed by atoms with E-state index in [-0.39, 0.29) is 18.5 Å². The molecule has 16 heavy (non-hydrogen) atoms. The summed E-state index contributed by atoms with van der Waals surface area (Å²) in [4.78, 5) is 11.7. The maximum absolute atomic E-state index is 11.7. The van der Waals surface area contributed by atoms with E-state index in [9.17, 15) is 4.79 Å². The fourth-order valence-electron chi connectivity index (χ4n) is 1.81. The van der Waals surface area contributed by atoms with Crippen molar-refractivity contribution in [2.24, 2.45) is 0 Å². The number of hydrogen-bond donors (Lipinski definition) is 2. The van der Waals surface area contributed by atoms with E-state index in [1.54, 1.807) is 16.9 Å². The molecule has 0 aromatic carbocycles. The lowest BCUT2D eigenvalue weighted by atomic mass is 10.0. The van der Waals surface area contributed by atoms with Crippen LogP contribution < -0.4 is 11.1 Å². The first kappa shape index (κ1) is 10.7. The zero-order valence-electron chi connectivity index (χ0n) is 9.10. The van der Waals surface area contributed by atoms with E-state index in [0.717, 1.165) is 19.3 Å². The van der Waals surface area contributed by atoms with E-state index in [1.165, 1.54) is 0 Å². The molecule has 1 atom stereocenters. The summed E-state index contributed by atoms with van der Waals surface area (Å²) in [7, 11) is 0. The number of carbonyl (C=O) groups is 1. The molecule has 2 rings (SSSR count). The molecule has 0 saturated heterocycles. The molecule has 1 aliphatic carbocycles. The van der Waals surface area contributed by atoms with Gasteiger partial charge in [-0.05, 0) is 25.3 Å². The number of rotatable bonds is 3. The number of amides is 1. The van der Waals surface area contributed by atoms with Crippen LogP contribution in [0, 0.1) is 0 Å². The van der Waals surface area contributed by atoms with Gasteiger partial charge in [0.15, 0.2) is 0 Å². The number of anilines is 1. The Hall–Kier alpha value is -1.78. The van der Waals surface area contributed by atoms with Crippen molar-refractivity contribution >= 4 is 11.7 Å². The molecule has 1 aromatic rings. The van der Waals surface area contributed by atoms with E-state index >= 15 is 0 Å². The molecule has 0 bridgehead atoms. The molecule has 1 aliphatic rings. The third-order valence-electron chi connectivity index (χ3n) is 2.60. The van der Waals surface area contributed by atoms with Crippen molar-refractivity contribution in [3.63, 3.8) is 0 Å². The SMILES string of the molecule is Nc1ccn(CC(=O)NC2CC=CCC2)n1. The van der Waals surface area contributed by atoms with Gasteiger partial charge in [-0.2, -0.15) is 5.10 Å². The van der Waals surface area contributed by atoms with Gasteiger partial charge in [-0.15, -0.1) is 0 Å². The van der Waals surface area contributed by atoms with Crippen LogP contribution in [0.15, 0.2) is 24.4 Å². The second-order valence-corrected chi connectivity index (χ2v) is 3.99. The van der Waals surface area contributed by atoms with Crippen LogP contribution in [0.5, 0.6) is 0 Å². The van der Waals surface area contributed by atoms with Crippen molar-refractivity contribution in [1.82, 2.24) is 15.1 Å². The van der Waals surface area contributed by atoms with E-state index in [4.69, 9.17) is 5.73 Å². The zero-order valence-corrected chi connectivity index (χ0v) is 9.10. The van der Waals surface area contributed by atoms with Crippen molar-refractivity contribution in [2.75, 3.05) is 5.73 Å². The highest BCUT2D eigenvalue weighted by atomic mass is 16.2.